The SMILES string of the molecule is C=CC[C@H](NC(=O)[C@H](Cc1ccccc1)NS(=O)(=O)N1CCOCC1)C(=O)N[C@@H](CC1CCC(CC2C=CC=CC2)CC1)[C@@H](O)[C@@H](O)CC(C)C. The number of benzene rings is 1. The van der Waals surface area contributed by atoms with Crippen LogP contribution in [0.2, 0.25) is 0 Å². The van der Waals surface area contributed by atoms with Crippen molar-refractivity contribution < 1.29 is 33.0 Å². The summed E-state index contributed by atoms with van der Waals surface area (Å²) in [7, 11) is -4.04. The third-order valence-corrected chi connectivity index (χ3v) is 12.0. The van der Waals surface area contributed by atoms with E-state index in [1.165, 1.54) is 16.8 Å². The van der Waals surface area contributed by atoms with Crippen LogP contribution in [0.15, 0.2) is 67.3 Å². The molecule has 4 rings (SSSR count). The van der Waals surface area contributed by atoms with Crippen molar-refractivity contribution >= 4 is 22.0 Å². The van der Waals surface area contributed by atoms with Gasteiger partial charge >= 0.3 is 0 Å². The van der Waals surface area contributed by atoms with Crippen LogP contribution in [0.4, 0.5) is 0 Å². The van der Waals surface area contributed by atoms with E-state index in [0.717, 1.165) is 37.7 Å². The first kappa shape index (κ1) is 40.9. The summed E-state index contributed by atoms with van der Waals surface area (Å²) in [6, 6.07) is 6.06. The predicted molar refractivity (Wildman–Crippen MR) is 200 cm³/mol. The molecule has 1 aliphatic heterocycles. The van der Waals surface area contributed by atoms with Gasteiger partial charge in [-0.2, -0.15) is 17.4 Å². The number of hydrogen-bond donors (Lipinski definition) is 5. The summed E-state index contributed by atoms with van der Waals surface area (Å²) < 4.78 is 35.8. The fourth-order valence-electron chi connectivity index (χ4n) is 7.50. The Morgan fingerprint density at radius 2 is 1.65 bits per heavy atom. The Morgan fingerprint density at radius 3 is 2.27 bits per heavy atom. The fraction of sp³-hybridized carbons (Fsp3) is 0.641. The molecule has 284 valence electrons. The number of rotatable bonds is 19. The molecule has 2 fully saturated rings. The minimum absolute atomic E-state index is 0.0673. The summed E-state index contributed by atoms with van der Waals surface area (Å²) in [6.45, 7) is 8.57. The third-order valence-electron chi connectivity index (χ3n) is 10.3. The number of aliphatic hydroxyl groups excluding tert-OH is 2. The smallest absolute Gasteiger partial charge is 0.280 e. The van der Waals surface area contributed by atoms with Crippen LogP contribution in [0.3, 0.4) is 0 Å². The predicted octanol–water partition coefficient (Wildman–Crippen LogP) is 3.80. The number of carbonyl (C=O) groups is 2. The van der Waals surface area contributed by atoms with E-state index in [4.69, 9.17) is 4.74 Å². The lowest BCUT2D eigenvalue weighted by molar-refractivity contribution is -0.131. The van der Waals surface area contributed by atoms with Gasteiger partial charge in [0.15, 0.2) is 0 Å². The molecule has 6 atom stereocenters. The number of nitrogens with zero attached hydrogens (tertiary/aromatic N) is 1. The number of nitrogens with one attached hydrogen (secondary N) is 3. The Kier molecular flexibility index (Phi) is 16.4. The third kappa shape index (κ3) is 13.2. The van der Waals surface area contributed by atoms with Crippen LogP contribution in [0.1, 0.15) is 77.2 Å². The van der Waals surface area contributed by atoms with Crippen molar-refractivity contribution in [2.24, 2.45) is 23.7 Å². The summed E-state index contributed by atoms with van der Waals surface area (Å²) >= 11 is 0. The van der Waals surface area contributed by atoms with E-state index >= 15 is 0 Å². The quantitative estimate of drug-likeness (QED) is 0.136. The zero-order valence-electron chi connectivity index (χ0n) is 30.4. The molecule has 2 aliphatic carbocycles. The van der Waals surface area contributed by atoms with Gasteiger partial charge in [0.25, 0.3) is 10.2 Å². The van der Waals surface area contributed by atoms with Crippen molar-refractivity contribution in [1.29, 1.82) is 0 Å². The lowest BCUT2D eigenvalue weighted by atomic mass is 9.74. The lowest BCUT2D eigenvalue weighted by Gasteiger charge is -2.36. The van der Waals surface area contributed by atoms with Crippen LogP contribution < -0.4 is 15.4 Å². The highest BCUT2D eigenvalue weighted by molar-refractivity contribution is 7.87. The first-order valence-electron chi connectivity index (χ1n) is 18.7. The van der Waals surface area contributed by atoms with E-state index in [1.807, 2.05) is 44.2 Å². The highest BCUT2D eigenvalue weighted by atomic mass is 32.2. The maximum atomic E-state index is 13.9. The van der Waals surface area contributed by atoms with Crippen LogP contribution in [0.5, 0.6) is 0 Å². The van der Waals surface area contributed by atoms with Crippen LogP contribution in [-0.2, 0) is 31.0 Å². The highest BCUT2D eigenvalue weighted by Crippen LogP contribution is 2.37. The lowest BCUT2D eigenvalue weighted by Crippen LogP contribution is -2.59. The molecule has 0 radical (unpaired) electrons. The fourth-order valence-corrected chi connectivity index (χ4v) is 8.83. The van der Waals surface area contributed by atoms with Gasteiger partial charge in [-0.15, -0.1) is 6.58 Å². The number of amides is 2. The van der Waals surface area contributed by atoms with Crippen LogP contribution in [-0.4, -0.2) is 91.4 Å². The van der Waals surface area contributed by atoms with Crippen molar-refractivity contribution in [3.63, 3.8) is 0 Å². The van der Waals surface area contributed by atoms with Crippen molar-refractivity contribution in [1.82, 2.24) is 19.7 Å². The van der Waals surface area contributed by atoms with Gasteiger partial charge in [0, 0.05) is 13.1 Å². The first-order valence-corrected chi connectivity index (χ1v) is 20.2. The van der Waals surface area contributed by atoms with Crippen molar-refractivity contribution in [3.05, 3.63) is 72.9 Å². The van der Waals surface area contributed by atoms with Crippen LogP contribution in [0.25, 0.3) is 0 Å². The zero-order valence-corrected chi connectivity index (χ0v) is 31.2. The van der Waals surface area contributed by atoms with Crippen LogP contribution in [0, 0.1) is 23.7 Å². The molecule has 51 heavy (non-hydrogen) atoms. The van der Waals surface area contributed by atoms with E-state index < -0.39 is 52.4 Å². The number of carbonyl (C=O) groups excluding carboxylic acids is 2. The molecule has 0 aromatic heterocycles. The van der Waals surface area contributed by atoms with Gasteiger partial charge in [-0.25, -0.2) is 0 Å². The molecule has 1 aromatic carbocycles. The van der Waals surface area contributed by atoms with E-state index in [-0.39, 0.29) is 51.0 Å². The maximum absolute atomic E-state index is 13.9. The van der Waals surface area contributed by atoms with Crippen LogP contribution >= 0.6 is 0 Å². The Hall–Kier alpha value is -2.87. The maximum Gasteiger partial charge on any atom is 0.280 e. The Balaban J connectivity index is 1.45. The number of ether oxygens (including phenoxy) is 1. The highest BCUT2D eigenvalue weighted by Gasteiger charge is 2.36. The molecule has 3 aliphatic rings. The normalized spacial score (nSPS) is 24.3. The second-order valence-corrected chi connectivity index (χ2v) is 16.6. The minimum Gasteiger partial charge on any atom is -0.390 e. The van der Waals surface area contributed by atoms with E-state index in [0.29, 0.717) is 24.7 Å². The topological polar surface area (TPSA) is 157 Å². The minimum atomic E-state index is -4.04. The van der Waals surface area contributed by atoms with E-state index in [2.05, 4.69) is 46.2 Å². The Morgan fingerprint density at radius 1 is 0.980 bits per heavy atom. The standard InChI is InChI=1S/C39H60N4O7S/c1-4-11-33(40-39(47)35(27-30-14-9-6-10-15-30)42-51(48,49)43-20-22-50-23-21-43)38(46)41-34(37(45)36(44)24-28(2)3)26-32-18-16-31(17-19-32)25-29-12-7-5-8-13-29/h4-10,12,14-15,28-29,31-37,42,44-45H,1,11,13,16-27H2,2-3H3,(H,40,47)(H,41,46)/t29?,31?,32?,33-,34-,35-,36-,37+/m0/s1. The molecule has 1 unspecified atom stereocenters. The van der Waals surface area contributed by atoms with Crippen molar-refractivity contribution in [2.45, 2.75) is 108 Å². The number of morpholine rings is 1. The largest absolute Gasteiger partial charge is 0.390 e. The molecule has 2 amide bonds. The monoisotopic (exact) mass is 728 g/mol. The molecular formula is C39H60N4O7S. The summed E-state index contributed by atoms with van der Waals surface area (Å²) in [4.78, 5) is 27.8. The van der Waals surface area contributed by atoms with Gasteiger partial charge in [0.2, 0.25) is 11.8 Å². The summed E-state index contributed by atoms with van der Waals surface area (Å²) in [5, 5.41) is 28.1. The Labute approximate surface area is 305 Å². The summed E-state index contributed by atoms with van der Waals surface area (Å²) in [6.07, 6.45) is 15.5. The molecule has 11 nitrogen and oxygen atoms in total. The molecule has 5 N–H and O–H groups in total. The van der Waals surface area contributed by atoms with Crippen molar-refractivity contribution in [3.8, 4) is 0 Å². The molecular weight excluding hydrogens is 669 g/mol. The molecule has 1 saturated heterocycles. The van der Waals surface area contributed by atoms with Gasteiger partial charge < -0.3 is 25.6 Å². The van der Waals surface area contributed by atoms with Gasteiger partial charge in [-0.1, -0.05) is 100 Å². The number of hydrogen-bond acceptors (Lipinski definition) is 7. The van der Waals surface area contributed by atoms with Gasteiger partial charge in [0.05, 0.1) is 25.4 Å². The Bertz CT molecular complexity index is 1410. The molecule has 12 heteroatoms. The van der Waals surface area contributed by atoms with Gasteiger partial charge in [-0.05, 0) is 67.8 Å². The molecule has 1 aromatic rings. The zero-order chi connectivity index (χ0) is 36.8. The average molecular weight is 729 g/mol. The van der Waals surface area contributed by atoms with Gasteiger partial charge in [-0.3, -0.25) is 9.59 Å². The molecule has 0 spiro atoms. The summed E-state index contributed by atoms with van der Waals surface area (Å²) in [5.74, 6) is 0.451. The van der Waals surface area contributed by atoms with E-state index in [9.17, 15) is 28.2 Å². The van der Waals surface area contributed by atoms with Crippen molar-refractivity contribution in [2.75, 3.05) is 26.3 Å². The van der Waals surface area contributed by atoms with Gasteiger partial charge in [0.1, 0.15) is 18.2 Å². The second kappa shape index (κ2) is 20.4. The molecule has 1 saturated carbocycles. The number of aliphatic hydroxyl groups is 2. The summed E-state index contributed by atoms with van der Waals surface area (Å²) in [5.41, 5.74) is 0.746. The molecule has 1 heterocycles. The van der Waals surface area contributed by atoms with E-state index in [1.54, 1.807) is 0 Å². The second-order valence-electron chi connectivity index (χ2n) is 14.9. The first-order chi connectivity index (χ1) is 24.4. The molecule has 0 bridgehead atoms. The number of allylic oxidation sites excluding steroid dienone is 4. The average Bonchev–Trinajstić information content (AvgIpc) is 3.12.